The van der Waals surface area contributed by atoms with Crippen molar-refractivity contribution in [1.29, 1.82) is 0 Å². The van der Waals surface area contributed by atoms with Crippen molar-refractivity contribution < 1.29 is 9.47 Å². The first-order valence-corrected chi connectivity index (χ1v) is 6.17. The summed E-state index contributed by atoms with van der Waals surface area (Å²) in [6, 6.07) is 3.91. The van der Waals surface area contributed by atoms with Gasteiger partial charge in [-0.05, 0) is 24.1 Å². The van der Waals surface area contributed by atoms with Crippen LogP contribution in [0.25, 0.3) is 0 Å². The lowest BCUT2D eigenvalue weighted by molar-refractivity contribution is 0.129. The molecule has 1 aromatic heterocycles. The molecule has 2 N–H and O–H groups in total. The Morgan fingerprint density at radius 2 is 2.00 bits per heavy atom. The Hall–Kier alpha value is -1.17. The SMILES string of the molecule is COCCCN(CCOC)Cc1ccnc(N)c1. The van der Waals surface area contributed by atoms with Crippen LogP contribution in [-0.4, -0.2) is 50.4 Å². The van der Waals surface area contributed by atoms with Crippen LogP contribution in [0.4, 0.5) is 5.82 Å². The van der Waals surface area contributed by atoms with Crippen molar-refractivity contribution in [3.05, 3.63) is 23.9 Å². The van der Waals surface area contributed by atoms with Gasteiger partial charge in [-0.1, -0.05) is 0 Å². The van der Waals surface area contributed by atoms with Crippen molar-refractivity contribution in [3.8, 4) is 0 Å². The molecule has 5 nitrogen and oxygen atoms in total. The molecular weight excluding hydrogens is 230 g/mol. The Morgan fingerprint density at radius 3 is 2.67 bits per heavy atom. The first-order valence-electron chi connectivity index (χ1n) is 6.17. The topological polar surface area (TPSA) is 60.6 Å². The molecule has 5 heteroatoms. The van der Waals surface area contributed by atoms with Crippen LogP contribution >= 0.6 is 0 Å². The Morgan fingerprint density at radius 1 is 1.22 bits per heavy atom. The van der Waals surface area contributed by atoms with Gasteiger partial charge in [0.05, 0.1) is 6.61 Å². The molecule has 1 aromatic rings. The summed E-state index contributed by atoms with van der Waals surface area (Å²) < 4.78 is 10.2. The molecule has 0 atom stereocenters. The van der Waals surface area contributed by atoms with Crippen molar-refractivity contribution in [2.75, 3.05) is 46.3 Å². The second kappa shape index (κ2) is 8.85. The van der Waals surface area contributed by atoms with Gasteiger partial charge in [0.2, 0.25) is 0 Å². The summed E-state index contributed by atoms with van der Waals surface area (Å²) in [7, 11) is 3.45. The fourth-order valence-corrected chi connectivity index (χ4v) is 1.77. The van der Waals surface area contributed by atoms with Gasteiger partial charge in [-0.15, -0.1) is 0 Å². The van der Waals surface area contributed by atoms with Crippen LogP contribution in [0.2, 0.25) is 0 Å². The third-order valence-electron chi connectivity index (χ3n) is 2.69. The highest BCUT2D eigenvalue weighted by molar-refractivity contribution is 5.31. The molecule has 0 aliphatic rings. The second-order valence-corrected chi connectivity index (χ2v) is 4.20. The molecular formula is C13H23N3O2. The molecule has 1 heterocycles. The van der Waals surface area contributed by atoms with Gasteiger partial charge in [0, 0.05) is 46.7 Å². The monoisotopic (exact) mass is 253 g/mol. The summed E-state index contributed by atoms with van der Waals surface area (Å²) in [5.41, 5.74) is 6.86. The van der Waals surface area contributed by atoms with Crippen LogP contribution in [0.15, 0.2) is 18.3 Å². The van der Waals surface area contributed by atoms with E-state index >= 15 is 0 Å². The van der Waals surface area contributed by atoms with Crippen molar-refractivity contribution in [1.82, 2.24) is 9.88 Å². The molecule has 18 heavy (non-hydrogen) atoms. The summed E-state index contributed by atoms with van der Waals surface area (Å²) in [5.74, 6) is 0.566. The summed E-state index contributed by atoms with van der Waals surface area (Å²) in [6.07, 6.45) is 2.76. The number of hydrogen-bond donors (Lipinski definition) is 1. The number of ether oxygens (including phenoxy) is 2. The average Bonchev–Trinajstić information content (AvgIpc) is 2.36. The minimum absolute atomic E-state index is 0.566. The van der Waals surface area contributed by atoms with E-state index in [9.17, 15) is 0 Å². The van der Waals surface area contributed by atoms with E-state index in [0.717, 1.165) is 39.3 Å². The Balaban J connectivity index is 2.48. The quantitative estimate of drug-likeness (QED) is 0.669. The molecule has 0 bridgehead atoms. The van der Waals surface area contributed by atoms with Gasteiger partial charge in [0.1, 0.15) is 5.82 Å². The van der Waals surface area contributed by atoms with E-state index in [1.54, 1.807) is 20.4 Å². The first kappa shape index (κ1) is 14.9. The van der Waals surface area contributed by atoms with Crippen LogP contribution in [0.1, 0.15) is 12.0 Å². The minimum atomic E-state index is 0.566. The predicted octanol–water partition coefficient (Wildman–Crippen LogP) is 1.15. The summed E-state index contributed by atoms with van der Waals surface area (Å²) in [5, 5.41) is 0. The predicted molar refractivity (Wildman–Crippen MR) is 72.3 cm³/mol. The molecule has 0 radical (unpaired) electrons. The highest BCUT2D eigenvalue weighted by Gasteiger charge is 2.06. The van der Waals surface area contributed by atoms with Gasteiger partial charge in [-0.2, -0.15) is 0 Å². The Labute approximate surface area is 109 Å². The maximum atomic E-state index is 5.68. The molecule has 0 fully saturated rings. The summed E-state index contributed by atoms with van der Waals surface area (Å²) in [6.45, 7) is 4.26. The van der Waals surface area contributed by atoms with Gasteiger partial charge in [-0.25, -0.2) is 4.98 Å². The largest absolute Gasteiger partial charge is 0.385 e. The zero-order chi connectivity index (χ0) is 13.2. The third kappa shape index (κ3) is 5.95. The van der Waals surface area contributed by atoms with Crippen LogP contribution in [0.3, 0.4) is 0 Å². The molecule has 1 rings (SSSR count). The average molecular weight is 253 g/mol. The van der Waals surface area contributed by atoms with E-state index in [2.05, 4.69) is 9.88 Å². The van der Waals surface area contributed by atoms with E-state index in [1.165, 1.54) is 5.56 Å². The number of anilines is 1. The van der Waals surface area contributed by atoms with Crippen molar-refractivity contribution in [3.63, 3.8) is 0 Å². The molecule has 0 aliphatic heterocycles. The molecule has 102 valence electrons. The van der Waals surface area contributed by atoms with E-state index in [0.29, 0.717) is 5.82 Å². The number of nitrogen functional groups attached to an aromatic ring is 1. The number of methoxy groups -OCH3 is 2. The number of aromatic nitrogens is 1. The lowest BCUT2D eigenvalue weighted by atomic mass is 10.2. The third-order valence-corrected chi connectivity index (χ3v) is 2.69. The molecule has 0 saturated carbocycles. The van der Waals surface area contributed by atoms with Gasteiger partial charge in [0.25, 0.3) is 0 Å². The zero-order valence-electron chi connectivity index (χ0n) is 11.3. The number of nitrogens with zero attached hydrogens (tertiary/aromatic N) is 2. The smallest absolute Gasteiger partial charge is 0.123 e. The lowest BCUT2D eigenvalue weighted by Gasteiger charge is -2.22. The number of nitrogens with two attached hydrogens (primary N) is 1. The van der Waals surface area contributed by atoms with Crippen LogP contribution in [0.5, 0.6) is 0 Å². The van der Waals surface area contributed by atoms with Gasteiger partial charge < -0.3 is 15.2 Å². The standard InChI is InChI=1S/C13H23N3O2/c1-17-8-3-6-16(7-9-18-2)11-12-4-5-15-13(14)10-12/h4-5,10H,3,6-9,11H2,1-2H3,(H2,14,15). The van der Waals surface area contributed by atoms with Gasteiger partial charge in [-0.3, -0.25) is 4.90 Å². The molecule has 0 unspecified atom stereocenters. The molecule has 0 saturated heterocycles. The van der Waals surface area contributed by atoms with Crippen LogP contribution in [-0.2, 0) is 16.0 Å². The number of hydrogen-bond acceptors (Lipinski definition) is 5. The highest BCUT2D eigenvalue weighted by Crippen LogP contribution is 2.07. The van der Waals surface area contributed by atoms with Crippen molar-refractivity contribution in [2.24, 2.45) is 0 Å². The van der Waals surface area contributed by atoms with E-state index < -0.39 is 0 Å². The van der Waals surface area contributed by atoms with Crippen LogP contribution < -0.4 is 5.73 Å². The number of pyridine rings is 1. The van der Waals surface area contributed by atoms with Gasteiger partial charge >= 0.3 is 0 Å². The molecule has 0 spiro atoms. The lowest BCUT2D eigenvalue weighted by Crippen LogP contribution is -2.28. The Bertz CT molecular complexity index is 334. The summed E-state index contributed by atoms with van der Waals surface area (Å²) >= 11 is 0. The van der Waals surface area contributed by atoms with E-state index in [4.69, 9.17) is 15.2 Å². The normalized spacial score (nSPS) is 11.1. The fourth-order valence-electron chi connectivity index (χ4n) is 1.77. The molecule has 0 aromatic carbocycles. The molecule has 0 amide bonds. The maximum Gasteiger partial charge on any atom is 0.123 e. The summed E-state index contributed by atoms with van der Waals surface area (Å²) in [4.78, 5) is 6.33. The van der Waals surface area contributed by atoms with E-state index in [-0.39, 0.29) is 0 Å². The first-order chi connectivity index (χ1) is 8.76. The highest BCUT2D eigenvalue weighted by atomic mass is 16.5. The Kier molecular flexibility index (Phi) is 7.32. The number of rotatable bonds is 9. The maximum absolute atomic E-state index is 5.68. The fraction of sp³-hybridized carbons (Fsp3) is 0.615. The molecule has 0 aliphatic carbocycles. The minimum Gasteiger partial charge on any atom is -0.385 e. The zero-order valence-corrected chi connectivity index (χ0v) is 11.3. The van der Waals surface area contributed by atoms with Crippen molar-refractivity contribution >= 4 is 5.82 Å². The van der Waals surface area contributed by atoms with Gasteiger partial charge in [0.15, 0.2) is 0 Å². The van der Waals surface area contributed by atoms with E-state index in [1.807, 2.05) is 12.1 Å². The van der Waals surface area contributed by atoms with Crippen LogP contribution in [0, 0.1) is 0 Å². The van der Waals surface area contributed by atoms with Crippen molar-refractivity contribution in [2.45, 2.75) is 13.0 Å². The second-order valence-electron chi connectivity index (χ2n) is 4.20.